The fourth-order valence-corrected chi connectivity index (χ4v) is 1.74. The summed E-state index contributed by atoms with van der Waals surface area (Å²) in [5.41, 5.74) is 0.902. The first-order valence-electron chi connectivity index (χ1n) is 4.98. The molecule has 0 amide bonds. The SMILES string of the molecule is O=P(O)(O)Oc1ccc(Cc2ncncn2)cc1. The lowest BCUT2D eigenvalue weighted by molar-refractivity contribution is 0.283. The molecule has 94 valence electrons. The molecular formula is C10H10N3O4P. The second kappa shape index (κ2) is 5.22. The van der Waals surface area contributed by atoms with Crippen molar-refractivity contribution in [3.05, 3.63) is 48.3 Å². The summed E-state index contributed by atoms with van der Waals surface area (Å²) in [5.74, 6) is 0.733. The Morgan fingerprint density at radius 2 is 1.72 bits per heavy atom. The molecule has 0 fully saturated rings. The van der Waals surface area contributed by atoms with E-state index >= 15 is 0 Å². The molecule has 0 atom stereocenters. The molecule has 1 aromatic carbocycles. The van der Waals surface area contributed by atoms with Gasteiger partial charge >= 0.3 is 7.82 Å². The molecule has 7 nitrogen and oxygen atoms in total. The lowest BCUT2D eigenvalue weighted by atomic mass is 10.1. The van der Waals surface area contributed by atoms with Crippen LogP contribution in [0.15, 0.2) is 36.9 Å². The van der Waals surface area contributed by atoms with E-state index in [2.05, 4.69) is 19.5 Å². The van der Waals surface area contributed by atoms with Crippen LogP contribution < -0.4 is 4.52 Å². The fraction of sp³-hybridized carbons (Fsp3) is 0.100. The molecule has 0 radical (unpaired) electrons. The van der Waals surface area contributed by atoms with Gasteiger partial charge in [0.25, 0.3) is 0 Å². The summed E-state index contributed by atoms with van der Waals surface area (Å²) < 4.78 is 15.1. The monoisotopic (exact) mass is 267 g/mol. The number of hydrogen-bond acceptors (Lipinski definition) is 5. The van der Waals surface area contributed by atoms with Crippen LogP contribution in [0.4, 0.5) is 0 Å². The van der Waals surface area contributed by atoms with Crippen LogP contribution >= 0.6 is 7.82 Å². The topological polar surface area (TPSA) is 105 Å². The summed E-state index contributed by atoms with van der Waals surface area (Å²) in [7, 11) is -4.50. The molecule has 0 saturated carbocycles. The van der Waals surface area contributed by atoms with Crippen LogP contribution in [-0.4, -0.2) is 24.7 Å². The van der Waals surface area contributed by atoms with Crippen LogP contribution in [0.3, 0.4) is 0 Å². The minimum Gasteiger partial charge on any atom is -0.404 e. The van der Waals surface area contributed by atoms with Crippen LogP contribution in [-0.2, 0) is 11.0 Å². The quantitative estimate of drug-likeness (QED) is 0.794. The fourth-order valence-electron chi connectivity index (χ4n) is 1.34. The number of phosphoric ester groups is 1. The molecule has 0 aliphatic carbocycles. The van der Waals surface area contributed by atoms with E-state index in [4.69, 9.17) is 9.79 Å². The van der Waals surface area contributed by atoms with E-state index < -0.39 is 7.82 Å². The van der Waals surface area contributed by atoms with E-state index in [1.807, 2.05) is 0 Å². The van der Waals surface area contributed by atoms with Gasteiger partial charge in [-0.25, -0.2) is 19.5 Å². The highest BCUT2D eigenvalue weighted by molar-refractivity contribution is 7.46. The number of aromatic nitrogens is 3. The first kappa shape index (κ1) is 12.6. The third-order valence-corrected chi connectivity index (χ3v) is 2.51. The molecule has 8 heteroatoms. The third kappa shape index (κ3) is 3.89. The van der Waals surface area contributed by atoms with E-state index in [0.717, 1.165) is 5.56 Å². The third-order valence-electron chi connectivity index (χ3n) is 2.06. The van der Waals surface area contributed by atoms with Gasteiger partial charge < -0.3 is 4.52 Å². The zero-order valence-corrected chi connectivity index (χ0v) is 10.1. The van der Waals surface area contributed by atoms with Crippen LogP contribution in [0.25, 0.3) is 0 Å². The number of nitrogens with zero attached hydrogens (tertiary/aromatic N) is 3. The van der Waals surface area contributed by atoms with E-state index in [9.17, 15) is 4.57 Å². The number of benzene rings is 1. The van der Waals surface area contributed by atoms with Crippen molar-refractivity contribution in [2.75, 3.05) is 0 Å². The van der Waals surface area contributed by atoms with E-state index in [1.165, 1.54) is 24.8 Å². The molecule has 2 N–H and O–H groups in total. The molecule has 0 aliphatic heterocycles. The van der Waals surface area contributed by atoms with E-state index in [0.29, 0.717) is 12.2 Å². The highest BCUT2D eigenvalue weighted by Crippen LogP contribution is 2.37. The minimum absolute atomic E-state index is 0.114. The highest BCUT2D eigenvalue weighted by Gasteiger charge is 2.15. The number of hydrogen-bond donors (Lipinski definition) is 2. The van der Waals surface area contributed by atoms with Crippen molar-refractivity contribution < 1.29 is 18.9 Å². The lowest BCUT2D eigenvalue weighted by Crippen LogP contribution is -1.96. The predicted molar refractivity (Wildman–Crippen MR) is 61.7 cm³/mol. The van der Waals surface area contributed by atoms with Crippen molar-refractivity contribution in [1.29, 1.82) is 0 Å². The lowest BCUT2D eigenvalue weighted by Gasteiger charge is -2.07. The summed E-state index contributed by atoms with van der Waals surface area (Å²) in [6, 6.07) is 6.34. The van der Waals surface area contributed by atoms with Crippen molar-refractivity contribution in [3.8, 4) is 5.75 Å². The van der Waals surface area contributed by atoms with Gasteiger partial charge in [0, 0.05) is 6.42 Å². The largest absolute Gasteiger partial charge is 0.524 e. The molecule has 2 aromatic rings. The zero-order valence-electron chi connectivity index (χ0n) is 9.17. The molecule has 1 heterocycles. The van der Waals surface area contributed by atoms with Gasteiger partial charge in [0.05, 0.1) is 0 Å². The number of rotatable bonds is 4. The van der Waals surface area contributed by atoms with Crippen LogP contribution in [0, 0.1) is 0 Å². The van der Waals surface area contributed by atoms with Gasteiger partial charge in [-0.05, 0) is 17.7 Å². The van der Waals surface area contributed by atoms with Crippen molar-refractivity contribution in [2.24, 2.45) is 0 Å². The maximum absolute atomic E-state index is 10.6. The second-order valence-electron chi connectivity index (χ2n) is 3.46. The Morgan fingerprint density at radius 1 is 1.11 bits per heavy atom. The average Bonchev–Trinajstić information content (AvgIpc) is 2.31. The first-order chi connectivity index (χ1) is 8.53. The van der Waals surface area contributed by atoms with Gasteiger partial charge in [-0.1, -0.05) is 12.1 Å². The summed E-state index contributed by atoms with van der Waals surface area (Å²) in [5, 5.41) is 0. The predicted octanol–water partition coefficient (Wildman–Crippen LogP) is 0.934. The van der Waals surface area contributed by atoms with E-state index in [1.54, 1.807) is 12.1 Å². The zero-order chi connectivity index (χ0) is 13.0. The summed E-state index contributed by atoms with van der Waals surface area (Å²) in [6.45, 7) is 0. The average molecular weight is 267 g/mol. The normalized spacial score (nSPS) is 11.2. The van der Waals surface area contributed by atoms with Gasteiger partial charge in [0.2, 0.25) is 0 Å². The van der Waals surface area contributed by atoms with Gasteiger partial charge in [0.15, 0.2) is 0 Å². The van der Waals surface area contributed by atoms with Crippen molar-refractivity contribution >= 4 is 7.82 Å². The van der Waals surface area contributed by atoms with Crippen molar-refractivity contribution in [2.45, 2.75) is 6.42 Å². The first-order valence-corrected chi connectivity index (χ1v) is 6.51. The Labute approximate surface area is 103 Å². The summed E-state index contributed by atoms with van der Waals surface area (Å²) >= 11 is 0. The van der Waals surface area contributed by atoms with E-state index in [-0.39, 0.29) is 5.75 Å². The van der Waals surface area contributed by atoms with Gasteiger partial charge in [-0.2, -0.15) is 0 Å². The molecule has 2 rings (SSSR count). The smallest absolute Gasteiger partial charge is 0.404 e. The molecule has 0 saturated heterocycles. The Hall–Kier alpha value is -1.82. The van der Waals surface area contributed by atoms with Crippen molar-refractivity contribution in [3.63, 3.8) is 0 Å². The molecule has 0 spiro atoms. The second-order valence-corrected chi connectivity index (χ2v) is 4.62. The molecule has 0 unspecified atom stereocenters. The van der Waals surface area contributed by atoms with Crippen molar-refractivity contribution in [1.82, 2.24) is 15.0 Å². The molecule has 0 bridgehead atoms. The van der Waals surface area contributed by atoms with Gasteiger partial charge in [-0.15, -0.1) is 0 Å². The Bertz CT molecular complexity index is 555. The minimum atomic E-state index is -4.50. The molecule has 0 aliphatic rings. The standard InChI is InChI=1S/C10H10N3O4P/c14-18(15,16)17-9-3-1-8(2-4-9)5-10-12-6-11-7-13-10/h1-4,6-7H,5H2,(H2,14,15,16). The summed E-state index contributed by atoms with van der Waals surface area (Å²) in [4.78, 5) is 28.9. The van der Waals surface area contributed by atoms with Crippen LogP contribution in [0.5, 0.6) is 5.75 Å². The maximum Gasteiger partial charge on any atom is 0.524 e. The molecule has 1 aromatic heterocycles. The van der Waals surface area contributed by atoms with Crippen LogP contribution in [0.2, 0.25) is 0 Å². The van der Waals surface area contributed by atoms with Gasteiger partial charge in [0.1, 0.15) is 24.2 Å². The highest BCUT2D eigenvalue weighted by atomic mass is 31.2. The maximum atomic E-state index is 10.6. The molecule has 18 heavy (non-hydrogen) atoms. The number of phosphoric acid groups is 1. The Kier molecular flexibility index (Phi) is 3.66. The summed E-state index contributed by atoms with van der Waals surface area (Å²) in [6.07, 6.45) is 3.33. The van der Waals surface area contributed by atoms with Crippen LogP contribution in [0.1, 0.15) is 11.4 Å². The van der Waals surface area contributed by atoms with Gasteiger partial charge in [-0.3, -0.25) is 9.79 Å². The Morgan fingerprint density at radius 3 is 2.28 bits per heavy atom. The Balaban J connectivity index is 2.06. The molecular weight excluding hydrogens is 257 g/mol.